The van der Waals surface area contributed by atoms with Crippen LogP contribution in [0.2, 0.25) is 0 Å². The SMILES string of the molecule is CC(=O)c1ccccc1Sc1ccncc1-c1ccc(C#N)c2ccccc12. The third-order valence-corrected chi connectivity index (χ3v) is 5.75. The van der Waals surface area contributed by atoms with Gasteiger partial charge in [-0.2, -0.15) is 5.26 Å². The first-order valence-corrected chi connectivity index (χ1v) is 9.64. The Kier molecular flexibility index (Phi) is 4.92. The van der Waals surface area contributed by atoms with E-state index in [1.165, 1.54) is 0 Å². The zero-order valence-corrected chi connectivity index (χ0v) is 16.0. The van der Waals surface area contributed by atoms with Gasteiger partial charge in [-0.3, -0.25) is 9.78 Å². The molecule has 3 aromatic carbocycles. The van der Waals surface area contributed by atoms with Crippen LogP contribution in [0.5, 0.6) is 0 Å². The summed E-state index contributed by atoms with van der Waals surface area (Å²) < 4.78 is 0. The van der Waals surface area contributed by atoms with E-state index in [1.54, 1.807) is 24.9 Å². The van der Waals surface area contributed by atoms with Gasteiger partial charge >= 0.3 is 0 Å². The minimum atomic E-state index is 0.0440. The summed E-state index contributed by atoms with van der Waals surface area (Å²) in [7, 11) is 0. The molecule has 0 bridgehead atoms. The molecule has 4 heteroatoms. The molecule has 0 aliphatic carbocycles. The summed E-state index contributed by atoms with van der Waals surface area (Å²) >= 11 is 1.56. The van der Waals surface area contributed by atoms with Gasteiger partial charge in [-0.15, -0.1) is 0 Å². The van der Waals surface area contributed by atoms with E-state index in [1.807, 2.05) is 72.9 Å². The highest BCUT2D eigenvalue weighted by molar-refractivity contribution is 7.99. The highest BCUT2D eigenvalue weighted by Crippen LogP contribution is 2.39. The molecule has 134 valence electrons. The third kappa shape index (κ3) is 3.28. The molecular formula is C24H16N2OS. The molecule has 0 saturated heterocycles. The van der Waals surface area contributed by atoms with Crippen LogP contribution in [0.3, 0.4) is 0 Å². The van der Waals surface area contributed by atoms with Crippen molar-refractivity contribution in [3.8, 4) is 17.2 Å². The average molecular weight is 380 g/mol. The number of carbonyl (C=O) groups excluding carboxylic acids is 1. The summed E-state index contributed by atoms with van der Waals surface area (Å²) in [5.41, 5.74) is 3.36. The molecule has 4 aromatic rings. The quantitative estimate of drug-likeness (QED) is 0.400. The summed E-state index contributed by atoms with van der Waals surface area (Å²) in [6.45, 7) is 1.58. The predicted octanol–water partition coefficient (Wildman–Crippen LogP) is 6.13. The smallest absolute Gasteiger partial charge is 0.160 e. The molecule has 28 heavy (non-hydrogen) atoms. The van der Waals surface area contributed by atoms with Crippen LogP contribution in [-0.2, 0) is 0 Å². The first-order valence-electron chi connectivity index (χ1n) is 8.83. The molecule has 1 heterocycles. The maximum atomic E-state index is 12.0. The summed E-state index contributed by atoms with van der Waals surface area (Å²) in [5.74, 6) is 0.0440. The number of rotatable bonds is 4. The molecule has 1 aromatic heterocycles. The van der Waals surface area contributed by atoms with Crippen LogP contribution in [0, 0.1) is 11.3 Å². The number of pyridine rings is 1. The second-order valence-corrected chi connectivity index (χ2v) is 7.43. The van der Waals surface area contributed by atoms with Crippen molar-refractivity contribution >= 4 is 28.3 Å². The number of nitrogens with zero attached hydrogens (tertiary/aromatic N) is 2. The van der Waals surface area contributed by atoms with E-state index in [0.717, 1.165) is 31.7 Å². The Bertz CT molecular complexity index is 1240. The number of fused-ring (bicyclic) bond motifs is 1. The predicted molar refractivity (Wildman–Crippen MR) is 112 cm³/mol. The van der Waals surface area contributed by atoms with Gasteiger partial charge in [0.25, 0.3) is 0 Å². The van der Waals surface area contributed by atoms with Crippen molar-refractivity contribution in [1.29, 1.82) is 5.26 Å². The van der Waals surface area contributed by atoms with Crippen molar-refractivity contribution < 1.29 is 4.79 Å². The van der Waals surface area contributed by atoms with Crippen LogP contribution in [0.15, 0.2) is 88.9 Å². The van der Waals surface area contributed by atoms with Gasteiger partial charge < -0.3 is 0 Å². The number of aromatic nitrogens is 1. The Balaban J connectivity index is 1.88. The largest absolute Gasteiger partial charge is 0.294 e. The van der Waals surface area contributed by atoms with Crippen LogP contribution < -0.4 is 0 Å². The lowest BCUT2D eigenvalue weighted by molar-refractivity contribution is 0.101. The fourth-order valence-electron chi connectivity index (χ4n) is 3.27. The Morgan fingerprint density at radius 1 is 0.893 bits per heavy atom. The van der Waals surface area contributed by atoms with Gasteiger partial charge in [-0.25, -0.2) is 0 Å². The molecule has 0 fully saturated rings. The van der Waals surface area contributed by atoms with Gasteiger partial charge in [0.15, 0.2) is 5.78 Å². The zero-order valence-electron chi connectivity index (χ0n) is 15.2. The topological polar surface area (TPSA) is 53.8 Å². The van der Waals surface area contributed by atoms with Crippen molar-refractivity contribution in [2.24, 2.45) is 0 Å². The monoisotopic (exact) mass is 380 g/mol. The van der Waals surface area contributed by atoms with E-state index in [-0.39, 0.29) is 5.78 Å². The van der Waals surface area contributed by atoms with E-state index >= 15 is 0 Å². The second kappa shape index (κ2) is 7.67. The molecule has 0 unspecified atom stereocenters. The third-order valence-electron chi connectivity index (χ3n) is 4.60. The first kappa shape index (κ1) is 18.0. The average Bonchev–Trinajstić information content (AvgIpc) is 2.74. The van der Waals surface area contributed by atoms with Gasteiger partial charge in [0, 0.05) is 38.7 Å². The minimum absolute atomic E-state index is 0.0440. The standard InChI is InChI=1S/C24H16N2OS/c1-16(27)18-6-4-5-9-23(18)28-24-12-13-26-15-22(24)21-11-10-17(14-25)19-7-2-3-8-20(19)21/h2-13,15H,1H3. The van der Waals surface area contributed by atoms with Crippen molar-refractivity contribution in [2.45, 2.75) is 16.7 Å². The maximum absolute atomic E-state index is 12.0. The van der Waals surface area contributed by atoms with Gasteiger partial charge in [-0.1, -0.05) is 60.3 Å². The highest BCUT2D eigenvalue weighted by atomic mass is 32.2. The molecule has 0 atom stereocenters. The molecule has 4 rings (SSSR count). The van der Waals surface area contributed by atoms with Crippen LogP contribution in [0.1, 0.15) is 22.8 Å². The van der Waals surface area contributed by atoms with Crippen LogP contribution >= 0.6 is 11.8 Å². The summed E-state index contributed by atoms with van der Waals surface area (Å²) in [6, 6.07) is 23.6. The number of benzene rings is 3. The molecular weight excluding hydrogens is 364 g/mol. The van der Waals surface area contributed by atoms with Crippen molar-refractivity contribution in [2.75, 3.05) is 0 Å². The summed E-state index contributed by atoms with van der Waals surface area (Å²) in [4.78, 5) is 18.3. The zero-order chi connectivity index (χ0) is 19.5. The number of carbonyl (C=O) groups is 1. The molecule has 0 aliphatic rings. The van der Waals surface area contributed by atoms with E-state index in [0.29, 0.717) is 11.1 Å². The normalized spacial score (nSPS) is 10.6. The van der Waals surface area contributed by atoms with E-state index < -0.39 is 0 Å². The lowest BCUT2D eigenvalue weighted by Crippen LogP contribution is -1.95. The minimum Gasteiger partial charge on any atom is -0.294 e. The van der Waals surface area contributed by atoms with Crippen molar-refractivity contribution in [3.05, 3.63) is 90.3 Å². The van der Waals surface area contributed by atoms with Crippen LogP contribution in [0.25, 0.3) is 21.9 Å². The summed E-state index contributed by atoms with van der Waals surface area (Å²) in [6.07, 6.45) is 3.60. The fourth-order valence-corrected chi connectivity index (χ4v) is 4.38. The molecule has 0 amide bonds. The Labute approximate surface area is 167 Å². The lowest BCUT2D eigenvalue weighted by Gasteiger charge is -2.13. The molecule has 0 radical (unpaired) electrons. The molecule has 0 aliphatic heterocycles. The second-order valence-electron chi connectivity index (χ2n) is 6.34. The molecule has 0 N–H and O–H groups in total. The number of ketones is 1. The lowest BCUT2D eigenvalue weighted by atomic mass is 9.96. The molecule has 3 nitrogen and oxygen atoms in total. The molecule has 0 spiro atoms. The summed E-state index contributed by atoms with van der Waals surface area (Å²) in [5, 5.41) is 11.4. The van der Waals surface area contributed by atoms with E-state index in [4.69, 9.17) is 0 Å². The Morgan fingerprint density at radius 3 is 2.43 bits per heavy atom. The van der Waals surface area contributed by atoms with E-state index in [2.05, 4.69) is 11.1 Å². The van der Waals surface area contributed by atoms with E-state index in [9.17, 15) is 10.1 Å². The fraction of sp³-hybridized carbons (Fsp3) is 0.0417. The van der Waals surface area contributed by atoms with Gasteiger partial charge in [0.2, 0.25) is 0 Å². The van der Waals surface area contributed by atoms with Crippen LogP contribution in [0.4, 0.5) is 0 Å². The molecule has 0 saturated carbocycles. The highest BCUT2D eigenvalue weighted by Gasteiger charge is 2.14. The maximum Gasteiger partial charge on any atom is 0.160 e. The van der Waals surface area contributed by atoms with Crippen molar-refractivity contribution in [1.82, 2.24) is 4.98 Å². The van der Waals surface area contributed by atoms with Crippen LogP contribution in [-0.4, -0.2) is 10.8 Å². The van der Waals surface area contributed by atoms with Crippen molar-refractivity contribution in [3.63, 3.8) is 0 Å². The number of Topliss-reactive ketones (excluding diaryl/α,β-unsaturated/α-hetero) is 1. The Morgan fingerprint density at radius 2 is 1.64 bits per heavy atom. The Hall–Kier alpha value is -3.42. The first-order chi connectivity index (χ1) is 13.7. The van der Waals surface area contributed by atoms with Gasteiger partial charge in [0.1, 0.15) is 0 Å². The number of hydrogen-bond acceptors (Lipinski definition) is 4. The van der Waals surface area contributed by atoms with Gasteiger partial charge in [-0.05, 0) is 36.1 Å². The number of hydrogen-bond donors (Lipinski definition) is 0. The van der Waals surface area contributed by atoms with Gasteiger partial charge in [0.05, 0.1) is 11.6 Å². The number of nitriles is 1.